The first-order valence-electron chi connectivity index (χ1n) is 14.4. The molecule has 0 aromatic heterocycles. The monoisotopic (exact) mass is 534 g/mol. The number of carbonyl (C=O) groups is 2. The van der Waals surface area contributed by atoms with Gasteiger partial charge < -0.3 is 11.1 Å². The zero-order valence-corrected chi connectivity index (χ0v) is 26.4. The number of unbranched alkanes of at least 4 members (excludes halogenated alkanes) is 2. The minimum absolute atomic E-state index is 0.0520. The summed E-state index contributed by atoms with van der Waals surface area (Å²) in [5.41, 5.74) is 9.90. The van der Waals surface area contributed by atoms with Crippen molar-refractivity contribution >= 4 is 23.6 Å². The lowest BCUT2D eigenvalue weighted by molar-refractivity contribution is -0.118. The fourth-order valence-electron chi connectivity index (χ4n) is 4.86. The molecule has 3 atom stereocenters. The Bertz CT molecular complexity index is 782. The van der Waals surface area contributed by atoms with E-state index in [9.17, 15) is 9.59 Å². The molecule has 0 heterocycles. The zero-order valence-electron chi connectivity index (χ0n) is 25.6. The van der Waals surface area contributed by atoms with E-state index in [0.717, 1.165) is 31.4 Å². The number of carbonyl (C=O) groups excluding carboxylic acids is 2. The normalized spacial score (nSPS) is 16.5. The van der Waals surface area contributed by atoms with E-state index in [1.807, 2.05) is 0 Å². The fraction of sp³-hybridized carbons (Fsp3) is 0.750. The molecular formula is C32H58N2O2S. The number of thioether (sulfide) groups is 1. The summed E-state index contributed by atoms with van der Waals surface area (Å²) in [6.07, 6.45) is 19.1. The molecule has 214 valence electrons. The van der Waals surface area contributed by atoms with E-state index in [2.05, 4.69) is 78.9 Å². The third-order valence-corrected chi connectivity index (χ3v) is 8.53. The molecule has 0 aromatic carbocycles. The van der Waals surface area contributed by atoms with Gasteiger partial charge in [0.25, 0.3) is 0 Å². The molecular weight excluding hydrogens is 476 g/mol. The molecule has 5 heteroatoms. The highest BCUT2D eigenvalue weighted by Crippen LogP contribution is 2.37. The Morgan fingerprint density at radius 1 is 0.865 bits per heavy atom. The first-order chi connectivity index (χ1) is 17.3. The molecule has 0 fully saturated rings. The number of ketones is 1. The van der Waals surface area contributed by atoms with E-state index < -0.39 is 12.1 Å². The van der Waals surface area contributed by atoms with E-state index in [1.54, 1.807) is 11.8 Å². The number of amides is 2. The van der Waals surface area contributed by atoms with Crippen LogP contribution in [-0.4, -0.2) is 29.4 Å². The molecule has 0 radical (unpaired) electrons. The second-order valence-corrected chi connectivity index (χ2v) is 13.0. The van der Waals surface area contributed by atoms with Gasteiger partial charge in [0.1, 0.15) is 0 Å². The summed E-state index contributed by atoms with van der Waals surface area (Å²) >= 11 is 1.73. The molecule has 0 aliphatic heterocycles. The van der Waals surface area contributed by atoms with Crippen LogP contribution in [-0.2, 0) is 4.79 Å². The van der Waals surface area contributed by atoms with Crippen LogP contribution < -0.4 is 11.1 Å². The van der Waals surface area contributed by atoms with Crippen LogP contribution in [0.5, 0.6) is 0 Å². The van der Waals surface area contributed by atoms with Crippen molar-refractivity contribution in [2.24, 2.45) is 16.6 Å². The molecule has 0 aliphatic carbocycles. The molecule has 37 heavy (non-hydrogen) atoms. The van der Waals surface area contributed by atoms with Crippen LogP contribution in [0.4, 0.5) is 4.79 Å². The van der Waals surface area contributed by atoms with Gasteiger partial charge in [-0.3, -0.25) is 4.79 Å². The number of urea groups is 1. The molecule has 3 N–H and O–H groups in total. The number of rotatable bonds is 20. The highest BCUT2D eigenvalue weighted by Gasteiger charge is 2.25. The van der Waals surface area contributed by atoms with Crippen molar-refractivity contribution in [2.75, 3.05) is 11.5 Å². The quantitative estimate of drug-likeness (QED) is 0.153. The molecule has 0 aromatic rings. The number of hydrogen-bond acceptors (Lipinski definition) is 3. The zero-order chi connectivity index (χ0) is 28.5. The van der Waals surface area contributed by atoms with Gasteiger partial charge in [-0.25, -0.2) is 4.79 Å². The third-order valence-electron chi connectivity index (χ3n) is 7.10. The highest BCUT2D eigenvalue weighted by molar-refractivity contribution is 7.99. The van der Waals surface area contributed by atoms with Gasteiger partial charge in [-0.2, -0.15) is 11.8 Å². The van der Waals surface area contributed by atoms with Gasteiger partial charge in [-0.1, -0.05) is 88.3 Å². The van der Waals surface area contributed by atoms with Gasteiger partial charge in [0.2, 0.25) is 0 Å². The SMILES string of the molecule is CCCCC(C)(C=C(C)CCC=C(C)C)CCC(C)=CC(C)(CCCC)CSCC(NC(N)=O)C(C)=O. The lowest BCUT2D eigenvalue weighted by Gasteiger charge is -2.30. The Kier molecular flexibility index (Phi) is 18.0. The lowest BCUT2D eigenvalue weighted by Crippen LogP contribution is -2.44. The number of allylic oxidation sites excluding steroid dienone is 6. The Morgan fingerprint density at radius 2 is 1.41 bits per heavy atom. The van der Waals surface area contributed by atoms with E-state index in [1.165, 1.54) is 62.2 Å². The van der Waals surface area contributed by atoms with E-state index in [0.29, 0.717) is 5.75 Å². The maximum atomic E-state index is 11.9. The predicted octanol–water partition coefficient (Wildman–Crippen LogP) is 9.16. The molecule has 0 saturated heterocycles. The Labute approximate surface area is 233 Å². The van der Waals surface area contributed by atoms with Crippen molar-refractivity contribution < 1.29 is 9.59 Å². The number of nitrogens with two attached hydrogens (primary N) is 1. The smallest absolute Gasteiger partial charge is 0.312 e. The summed E-state index contributed by atoms with van der Waals surface area (Å²) in [4.78, 5) is 23.2. The minimum atomic E-state index is -0.641. The average Bonchev–Trinajstić information content (AvgIpc) is 2.79. The lowest BCUT2D eigenvalue weighted by atomic mass is 9.77. The first-order valence-corrected chi connectivity index (χ1v) is 15.6. The van der Waals surface area contributed by atoms with Crippen molar-refractivity contribution in [3.8, 4) is 0 Å². The topological polar surface area (TPSA) is 72.2 Å². The van der Waals surface area contributed by atoms with Crippen molar-refractivity contribution in [1.82, 2.24) is 5.32 Å². The number of Topliss-reactive ketones (excluding diaryl/α,β-unsaturated/α-hetero) is 1. The summed E-state index contributed by atoms with van der Waals surface area (Å²) in [5, 5.41) is 2.58. The molecule has 0 bridgehead atoms. The summed E-state index contributed by atoms with van der Waals surface area (Å²) in [6, 6.07) is -1.16. The van der Waals surface area contributed by atoms with Crippen LogP contribution in [0.3, 0.4) is 0 Å². The summed E-state index contributed by atoms with van der Waals surface area (Å²) in [6.45, 7) is 19.7. The van der Waals surface area contributed by atoms with Gasteiger partial charge in [0, 0.05) is 11.5 Å². The van der Waals surface area contributed by atoms with Crippen molar-refractivity contribution in [2.45, 2.75) is 133 Å². The Morgan fingerprint density at radius 3 is 1.92 bits per heavy atom. The van der Waals surface area contributed by atoms with E-state index in [4.69, 9.17) is 5.73 Å². The highest BCUT2D eigenvalue weighted by atomic mass is 32.2. The van der Waals surface area contributed by atoms with Crippen LogP contribution in [0.25, 0.3) is 0 Å². The summed E-state index contributed by atoms with van der Waals surface area (Å²) < 4.78 is 0. The van der Waals surface area contributed by atoms with Crippen LogP contribution in [0, 0.1) is 10.8 Å². The van der Waals surface area contributed by atoms with Gasteiger partial charge in [0.05, 0.1) is 6.04 Å². The Balaban J connectivity index is 5.42. The average molecular weight is 535 g/mol. The van der Waals surface area contributed by atoms with E-state index in [-0.39, 0.29) is 16.6 Å². The van der Waals surface area contributed by atoms with Crippen LogP contribution in [0.1, 0.15) is 127 Å². The Hall–Kier alpha value is -1.49. The van der Waals surface area contributed by atoms with Crippen LogP contribution >= 0.6 is 11.8 Å². The van der Waals surface area contributed by atoms with Gasteiger partial charge in [-0.15, -0.1) is 0 Å². The maximum absolute atomic E-state index is 11.9. The second kappa shape index (κ2) is 18.7. The molecule has 2 amide bonds. The first kappa shape index (κ1) is 35.5. The molecule has 0 rings (SSSR count). The van der Waals surface area contributed by atoms with Crippen molar-refractivity contribution in [3.05, 3.63) is 34.9 Å². The standard InChI is InChI=1S/C32H58N2O2S/c1-10-12-18-31(8,21-26(5)16-14-15-25(3)4)20-17-27(6)22-32(9,19-13-11-2)24-37-23-29(28(7)35)34-30(33)36/h15,21-22,29H,10-14,16-20,23-24H2,1-9H3,(H3,33,34,36). The fourth-order valence-corrected chi connectivity index (χ4v) is 6.23. The van der Waals surface area contributed by atoms with Gasteiger partial charge in [0.15, 0.2) is 5.78 Å². The van der Waals surface area contributed by atoms with Crippen molar-refractivity contribution in [1.29, 1.82) is 0 Å². The predicted molar refractivity (Wildman–Crippen MR) is 165 cm³/mol. The summed E-state index contributed by atoms with van der Waals surface area (Å²) in [7, 11) is 0. The number of hydrogen-bond donors (Lipinski definition) is 2. The van der Waals surface area contributed by atoms with Crippen molar-refractivity contribution in [3.63, 3.8) is 0 Å². The van der Waals surface area contributed by atoms with Gasteiger partial charge >= 0.3 is 6.03 Å². The largest absolute Gasteiger partial charge is 0.352 e. The molecule has 3 unspecified atom stereocenters. The molecule has 0 spiro atoms. The van der Waals surface area contributed by atoms with Crippen LogP contribution in [0.15, 0.2) is 34.9 Å². The number of nitrogens with one attached hydrogen (secondary N) is 1. The summed E-state index contributed by atoms with van der Waals surface area (Å²) in [5.74, 6) is 1.42. The minimum Gasteiger partial charge on any atom is -0.352 e. The van der Waals surface area contributed by atoms with E-state index >= 15 is 0 Å². The maximum Gasteiger partial charge on any atom is 0.312 e. The molecule has 0 aliphatic rings. The number of primary amides is 1. The second-order valence-electron chi connectivity index (χ2n) is 12.0. The van der Waals surface area contributed by atoms with Crippen LogP contribution in [0.2, 0.25) is 0 Å². The molecule has 4 nitrogen and oxygen atoms in total. The third kappa shape index (κ3) is 17.6. The molecule has 0 saturated carbocycles. The van der Waals surface area contributed by atoms with Gasteiger partial charge in [-0.05, 0) is 84.0 Å².